The zero-order valence-corrected chi connectivity index (χ0v) is 17.4. The molecule has 0 bridgehead atoms. The Hall–Kier alpha value is -3.95. The van der Waals surface area contributed by atoms with E-state index in [1.165, 1.54) is 12.1 Å². The van der Waals surface area contributed by atoms with Gasteiger partial charge in [-0.1, -0.05) is 54.6 Å². The fourth-order valence-corrected chi connectivity index (χ4v) is 3.99. The maximum Gasteiger partial charge on any atom is 0.344 e. The highest BCUT2D eigenvalue weighted by molar-refractivity contribution is 7.90. The van der Waals surface area contributed by atoms with Crippen molar-refractivity contribution in [2.75, 3.05) is 6.26 Å². The lowest BCUT2D eigenvalue weighted by Gasteiger charge is -2.08. The maximum atomic E-state index is 12.8. The Morgan fingerprint density at radius 3 is 2.03 bits per heavy atom. The predicted octanol–water partition coefficient (Wildman–Crippen LogP) is 4.47. The van der Waals surface area contributed by atoms with Crippen molar-refractivity contribution in [1.82, 2.24) is 0 Å². The van der Waals surface area contributed by atoms with Gasteiger partial charge < -0.3 is 4.74 Å². The molecule has 0 unspecified atom stereocenters. The molecule has 0 atom stereocenters. The Morgan fingerprint density at radius 1 is 0.839 bits per heavy atom. The second-order valence-electron chi connectivity index (χ2n) is 7.04. The second kappa shape index (κ2) is 8.05. The van der Waals surface area contributed by atoms with Gasteiger partial charge in [-0.2, -0.15) is 5.26 Å². The number of allylic oxidation sites excluding steroid dienone is 1. The van der Waals surface area contributed by atoms with E-state index in [0.29, 0.717) is 33.6 Å². The topological polar surface area (TPSA) is 84.2 Å². The molecule has 0 saturated heterocycles. The lowest BCUT2D eigenvalue weighted by molar-refractivity contribution is -0.131. The first kappa shape index (κ1) is 20.3. The van der Waals surface area contributed by atoms with Gasteiger partial charge in [-0.15, -0.1) is 0 Å². The SMILES string of the molecule is CS(=O)(=O)c1ccc(C2=C(c3ccccc3)C(=O)O/C2=C\c2ccc(C#N)cc2)cc1. The van der Waals surface area contributed by atoms with E-state index in [4.69, 9.17) is 10.00 Å². The summed E-state index contributed by atoms with van der Waals surface area (Å²) in [6, 6.07) is 24.5. The molecule has 1 aliphatic heterocycles. The lowest BCUT2D eigenvalue weighted by Crippen LogP contribution is -1.98. The van der Waals surface area contributed by atoms with Gasteiger partial charge in [0.2, 0.25) is 0 Å². The molecule has 0 saturated carbocycles. The molecule has 0 amide bonds. The number of sulfone groups is 1. The first-order valence-corrected chi connectivity index (χ1v) is 11.3. The molecule has 5 nitrogen and oxygen atoms in total. The number of esters is 1. The third-order valence-corrected chi connectivity index (χ3v) is 6.00. The summed E-state index contributed by atoms with van der Waals surface area (Å²) in [5, 5.41) is 8.99. The number of hydrogen-bond acceptors (Lipinski definition) is 5. The second-order valence-corrected chi connectivity index (χ2v) is 9.06. The molecule has 0 aliphatic carbocycles. The van der Waals surface area contributed by atoms with E-state index >= 15 is 0 Å². The molecule has 4 rings (SSSR count). The van der Waals surface area contributed by atoms with Crippen molar-refractivity contribution in [2.45, 2.75) is 4.90 Å². The summed E-state index contributed by atoms with van der Waals surface area (Å²) in [7, 11) is -3.34. The van der Waals surface area contributed by atoms with Crippen molar-refractivity contribution < 1.29 is 17.9 Å². The van der Waals surface area contributed by atoms with Crippen LogP contribution < -0.4 is 0 Å². The fourth-order valence-electron chi connectivity index (χ4n) is 3.36. The van der Waals surface area contributed by atoms with Crippen LogP contribution in [-0.4, -0.2) is 20.6 Å². The summed E-state index contributed by atoms with van der Waals surface area (Å²) in [6.45, 7) is 0. The summed E-state index contributed by atoms with van der Waals surface area (Å²) in [6.07, 6.45) is 2.88. The number of cyclic esters (lactones) is 1. The minimum atomic E-state index is -3.34. The summed E-state index contributed by atoms with van der Waals surface area (Å²) < 4.78 is 29.3. The Labute approximate surface area is 180 Å². The molecular weight excluding hydrogens is 410 g/mol. The Kier molecular flexibility index (Phi) is 5.28. The molecule has 1 heterocycles. The summed E-state index contributed by atoms with van der Waals surface area (Å²) >= 11 is 0. The molecule has 152 valence electrons. The first-order valence-electron chi connectivity index (χ1n) is 9.41. The summed E-state index contributed by atoms with van der Waals surface area (Å²) in [5.74, 6) is -0.117. The van der Waals surface area contributed by atoms with Crippen LogP contribution in [0.5, 0.6) is 0 Å². The average Bonchev–Trinajstić information content (AvgIpc) is 3.10. The number of nitriles is 1. The van der Waals surface area contributed by atoms with Crippen LogP contribution in [0.15, 0.2) is 89.5 Å². The standard InChI is InChI=1S/C25H17NO4S/c1-31(28,29)21-13-11-20(12-14-21)23-22(15-17-7-9-18(16-26)10-8-17)30-25(27)24(23)19-5-3-2-4-6-19/h2-15H,1H3/b22-15-. The average molecular weight is 427 g/mol. The molecule has 0 fully saturated rings. The quantitative estimate of drug-likeness (QED) is 0.574. The van der Waals surface area contributed by atoms with Gasteiger partial charge in [0.1, 0.15) is 5.76 Å². The minimum absolute atomic E-state index is 0.195. The summed E-state index contributed by atoms with van der Waals surface area (Å²) in [5.41, 5.74) is 3.66. The van der Waals surface area contributed by atoms with E-state index in [-0.39, 0.29) is 4.90 Å². The van der Waals surface area contributed by atoms with Crippen molar-refractivity contribution in [3.8, 4) is 6.07 Å². The zero-order chi connectivity index (χ0) is 22.0. The van der Waals surface area contributed by atoms with E-state index in [1.807, 2.05) is 30.3 Å². The highest BCUT2D eigenvalue weighted by Crippen LogP contribution is 2.40. The number of carbonyl (C=O) groups is 1. The zero-order valence-electron chi connectivity index (χ0n) is 16.6. The van der Waals surface area contributed by atoms with E-state index in [9.17, 15) is 13.2 Å². The van der Waals surface area contributed by atoms with Crippen molar-refractivity contribution >= 4 is 33.0 Å². The van der Waals surface area contributed by atoms with Gasteiger partial charge in [0.15, 0.2) is 9.84 Å². The number of hydrogen-bond donors (Lipinski definition) is 0. The van der Waals surface area contributed by atoms with Crippen molar-refractivity contribution in [3.05, 3.63) is 107 Å². The van der Waals surface area contributed by atoms with E-state index in [2.05, 4.69) is 6.07 Å². The Morgan fingerprint density at radius 2 is 1.45 bits per heavy atom. The summed E-state index contributed by atoms with van der Waals surface area (Å²) in [4.78, 5) is 13.0. The molecule has 0 aromatic heterocycles. The van der Waals surface area contributed by atoms with Gasteiger partial charge >= 0.3 is 5.97 Å². The molecule has 31 heavy (non-hydrogen) atoms. The molecule has 3 aromatic rings. The van der Waals surface area contributed by atoms with Gasteiger partial charge in [0.25, 0.3) is 0 Å². The first-order chi connectivity index (χ1) is 14.9. The van der Waals surface area contributed by atoms with Gasteiger partial charge in [-0.3, -0.25) is 0 Å². The number of nitrogens with zero attached hydrogens (tertiary/aromatic N) is 1. The third kappa shape index (κ3) is 4.18. The van der Waals surface area contributed by atoms with Crippen LogP contribution in [0.25, 0.3) is 17.2 Å². The van der Waals surface area contributed by atoms with Crippen LogP contribution in [0.2, 0.25) is 0 Å². The molecular formula is C25H17NO4S. The normalized spacial score (nSPS) is 15.1. The highest BCUT2D eigenvalue weighted by Gasteiger charge is 2.32. The van der Waals surface area contributed by atoms with Crippen molar-refractivity contribution in [1.29, 1.82) is 5.26 Å². The predicted molar refractivity (Wildman–Crippen MR) is 118 cm³/mol. The maximum absolute atomic E-state index is 12.8. The van der Waals surface area contributed by atoms with Crippen LogP contribution in [0.3, 0.4) is 0 Å². The Bertz CT molecular complexity index is 1360. The largest absolute Gasteiger partial charge is 0.422 e. The molecule has 0 spiro atoms. The van der Waals surface area contributed by atoms with E-state index in [0.717, 1.165) is 11.8 Å². The van der Waals surface area contributed by atoms with Gasteiger partial charge in [0, 0.05) is 11.8 Å². The van der Waals surface area contributed by atoms with E-state index in [1.54, 1.807) is 42.5 Å². The fraction of sp³-hybridized carbons (Fsp3) is 0.0400. The molecule has 6 heteroatoms. The third-order valence-electron chi connectivity index (χ3n) is 4.87. The van der Waals surface area contributed by atoms with E-state index < -0.39 is 15.8 Å². The van der Waals surface area contributed by atoms with Gasteiger partial charge in [0.05, 0.1) is 22.1 Å². The van der Waals surface area contributed by atoms with Crippen molar-refractivity contribution in [2.24, 2.45) is 0 Å². The molecule has 3 aromatic carbocycles. The van der Waals surface area contributed by atoms with Crippen molar-refractivity contribution in [3.63, 3.8) is 0 Å². The number of benzene rings is 3. The van der Waals surface area contributed by atoms with Gasteiger partial charge in [-0.05, 0) is 47.0 Å². The molecule has 0 N–H and O–H groups in total. The van der Waals surface area contributed by atoms with Crippen LogP contribution >= 0.6 is 0 Å². The van der Waals surface area contributed by atoms with Gasteiger partial charge in [-0.25, -0.2) is 13.2 Å². The minimum Gasteiger partial charge on any atom is -0.422 e. The monoisotopic (exact) mass is 427 g/mol. The number of carbonyl (C=O) groups excluding carboxylic acids is 1. The molecule has 0 radical (unpaired) electrons. The number of rotatable bonds is 4. The number of ether oxygens (including phenoxy) is 1. The smallest absolute Gasteiger partial charge is 0.344 e. The Balaban J connectivity index is 1.89. The lowest BCUT2D eigenvalue weighted by atomic mass is 9.94. The van der Waals surface area contributed by atoms with Crippen LogP contribution in [0.1, 0.15) is 22.3 Å². The van der Waals surface area contributed by atoms with Crippen LogP contribution in [0.4, 0.5) is 0 Å². The van der Waals surface area contributed by atoms with Crippen LogP contribution in [0, 0.1) is 11.3 Å². The van der Waals surface area contributed by atoms with Crippen LogP contribution in [-0.2, 0) is 19.4 Å². The molecule has 1 aliphatic rings. The highest BCUT2D eigenvalue weighted by atomic mass is 32.2.